The number of carbonyl (C=O) groups is 1. The lowest BCUT2D eigenvalue weighted by atomic mass is 9.95. The number of nitrogens with zero attached hydrogens (tertiary/aromatic N) is 3. The molecule has 1 N–H and O–H groups in total. The lowest BCUT2D eigenvalue weighted by Crippen LogP contribution is -2.44. The summed E-state index contributed by atoms with van der Waals surface area (Å²) in [6.07, 6.45) is 1.67. The number of carbonyl (C=O) groups excluding carboxylic acids is 1. The molecule has 0 spiro atoms. The second-order valence-electron chi connectivity index (χ2n) is 7.25. The molecule has 0 radical (unpaired) electrons. The first-order valence-electron chi connectivity index (χ1n) is 10.1. The van der Waals surface area contributed by atoms with E-state index < -0.39 is 28.6 Å². The van der Waals surface area contributed by atoms with Gasteiger partial charge < -0.3 is 10.1 Å². The predicted molar refractivity (Wildman–Crippen MR) is 124 cm³/mol. The van der Waals surface area contributed by atoms with Gasteiger partial charge in [-0.05, 0) is 19.1 Å². The zero-order chi connectivity index (χ0) is 22.7. The summed E-state index contributed by atoms with van der Waals surface area (Å²) in [4.78, 5) is 24.3. The Labute approximate surface area is 196 Å². The number of benzene rings is 1. The molecule has 2 aliphatic heterocycles. The summed E-state index contributed by atoms with van der Waals surface area (Å²) in [6, 6.07) is 3.26. The molecule has 1 fully saturated rings. The normalized spacial score (nSPS) is 20.1. The summed E-state index contributed by atoms with van der Waals surface area (Å²) in [6.45, 7) is 3.66. The molecule has 0 bridgehead atoms. The van der Waals surface area contributed by atoms with Gasteiger partial charge in [0.05, 0.1) is 12.2 Å². The molecule has 4 rings (SSSR count). The second kappa shape index (κ2) is 10.2. The minimum absolute atomic E-state index is 0.175. The van der Waals surface area contributed by atoms with Crippen LogP contribution >= 0.6 is 22.9 Å². The molecule has 0 amide bonds. The van der Waals surface area contributed by atoms with Gasteiger partial charge in [-0.25, -0.2) is 14.2 Å². The number of amidine groups is 1. The van der Waals surface area contributed by atoms with Crippen LogP contribution in [0.25, 0.3) is 0 Å². The first-order chi connectivity index (χ1) is 15.5. The predicted octanol–water partition coefficient (Wildman–Crippen LogP) is 2.91. The van der Waals surface area contributed by atoms with Gasteiger partial charge in [-0.3, -0.25) is 14.1 Å². The van der Waals surface area contributed by atoms with E-state index in [4.69, 9.17) is 21.3 Å². The molecule has 0 aliphatic carbocycles. The van der Waals surface area contributed by atoms with Crippen molar-refractivity contribution < 1.29 is 18.1 Å². The van der Waals surface area contributed by atoms with Crippen LogP contribution in [0, 0.1) is 5.82 Å². The second-order valence-corrected chi connectivity index (χ2v) is 10.2. The van der Waals surface area contributed by atoms with Gasteiger partial charge in [-0.15, -0.1) is 11.3 Å². The summed E-state index contributed by atoms with van der Waals surface area (Å²) in [5.74, 6) is 0.697. The number of aromatic nitrogens is 1. The number of ether oxygens (including phenoxy) is 1. The van der Waals surface area contributed by atoms with Crippen molar-refractivity contribution in [3.63, 3.8) is 0 Å². The van der Waals surface area contributed by atoms with E-state index in [-0.39, 0.29) is 11.6 Å². The monoisotopic (exact) mass is 496 g/mol. The quantitative estimate of drug-likeness (QED) is 0.619. The maximum Gasteiger partial charge on any atom is 0.338 e. The van der Waals surface area contributed by atoms with E-state index in [1.807, 2.05) is 5.38 Å². The maximum absolute atomic E-state index is 13.7. The molecule has 32 heavy (non-hydrogen) atoms. The van der Waals surface area contributed by atoms with Crippen molar-refractivity contribution in [1.82, 2.24) is 15.2 Å². The molecule has 170 valence electrons. The van der Waals surface area contributed by atoms with Crippen molar-refractivity contribution >= 4 is 45.5 Å². The van der Waals surface area contributed by atoms with Crippen LogP contribution in [-0.4, -0.2) is 63.6 Å². The van der Waals surface area contributed by atoms with E-state index in [2.05, 4.69) is 15.2 Å². The Morgan fingerprint density at radius 3 is 2.84 bits per heavy atom. The van der Waals surface area contributed by atoms with Crippen molar-refractivity contribution in [2.75, 3.05) is 37.7 Å². The van der Waals surface area contributed by atoms with Gasteiger partial charge in [0.15, 0.2) is 10.8 Å². The Bertz CT molecular complexity index is 1080. The third-order valence-corrected chi connectivity index (χ3v) is 7.55. The van der Waals surface area contributed by atoms with E-state index in [1.165, 1.54) is 29.5 Å². The fourth-order valence-corrected chi connectivity index (χ4v) is 5.61. The minimum Gasteiger partial charge on any atom is -0.463 e. The number of hydrogen-bond acceptors (Lipinski definition) is 8. The van der Waals surface area contributed by atoms with E-state index in [0.717, 1.165) is 0 Å². The van der Waals surface area contributed by atoms with Crippen molar-refractivity contribution in [2.24, 2.45) is 4.99 Å². The Morgan fingerprint density at radius 1 is 1.41 bits per heavy atom. The number of rotatable bonds is 6. The Kier molecular flexibility index (Phi) is 7.34. The highest BCUT2D eigenvalue weighted by atomic mass is 35.5. The highest BCUT2D eigenvalue weighted by molar-refractivity contribution is 7.85. The van der Waals surface area contributed by atoms with E-state index in [9.17, 15) is 13.4 Å². The van der Waals surface area contributed by atoms with Crippen LogP contribution in [0.5, 0.6) is 0 Å². The SMILES string of the molecule is CCOC(=O)C1=C(CN2CCS(=O)CC2)NC(c2nccs2)=NC1c1ccc(F)cc1Cl. The van der Waals surface area contributed by atoms with Crippen LogP contribution in [-0.2, 0) is 20.3 Å². The number of halogens is 2. The van der Waals surface area contributed by atoms with Crippen LogP contribution < -0.4 is 5.32 Å². The van der Waals surface area contributed by atoms with E-state index >= 15 is 0 Å². The molecule has 1 saturated heterocycles. The molecule has 7 nitrogen and oxygen atoms in total. The summed E-state index contributed by atoms with van der Waals surface area (Å²) in [5.41, 5.74) is 1.46. The smallest absolute Gasteiger partial charge is 0.338 e. The van der Waals surface area contributed by atoms with Crippen LogP contribution in [0.3, 0.4) is 0 Å². The Hall–Kier alpha value is -2.14. The van der Waals surface area contributed by atoms with Gasteiger partial charge in [0.2, 0.25) is 0 Å². The topological polar surface area (TPSA) is 83.9 Å². The average Bonchev–Trinajstić information content (AvgIpc) is 3.30. The van der Waals surface area contributed by atoms with Crippen LogP contribution in [0.1, 0.15) is 23.5 Å². The molecular weight excluding hydrogens is 475 g/mol. The number of thiazole rings is 1. The summed E-state index contributed by atoms with van der Waals surface area (Å²) < 4.78 is 30.9. The van der Waals surface area contributed by atoms with Gasteiger partial charge in [0.1, 0.15) is 11.9 Å². The number of esters is 1. The number of nitrogens with one attached hydrogen (secondary N) is 1. The molecule has 1 aromatic heterocycles. The van der Waals surface area contributed by atoms with Crippen molar-refractivity contribution in [2.45, 2.75) is 13.0 Å². The Morgan fingerprint density at radius 2 is 2.19 bits per heavy atom. The van der Waals surface area contributed by atoms with Gasteiger partial charge in [-0.1, -0.05) is 17.7 Å². The van der Waals surface area contributed by atoms with E-state index in [1.54, 1.807) is 13.1 Å². The number of hydrogen-bond donors (Lipinski definition) is 1. The molecule has 2 aliphatic rings. The average molecular weight is 497 g/mol. The lowest BCUT2D eigenvalue weighted by Gasteiger charge is -2.32. The molecule has 1 unspecified atom stereocenters. The van der Waals surface area contributed by atoms with Gasteiger partial charge in [-0.2, -0.15) is 0 Å². The zero-order valence-electron chi connectivity index (χ0n) is 17.3. The van der Waals surface area contributed by atoms with Crippen LogP contribution in [0.15, 0.2) is 46.0 Å². The largest absolute Gasteiger partial charge is 0.463 e. The molecule has 11 heteroatoms. The molecule has 1 atom stereocenters. The third-order valence-electron chi connectivity index (χ3n) is 5.17. The number of aliphatic imine (C=N–C) groups is 1. The fourth-order valence-electron chi connectivity index (χ4n) is 3.62. The minimum atomic E-state index is -0.816. The van der Waals surface area contributed by atoms with Gasteiger partial charge >= 0.3 is 5.97 Å². The Balaban J connectivity index is 1.80. The molecule has 0 saturated carbocycles. The summed E-state index contributed by atoms with van der Waals surface area (Å²) >= 11 is 7.79. The first kappa shape index (κ1) is 23.0. The highest BCUT2D eigenvalue weighted by Gasteiger charge is 2.35. The summed E-state index contributed by atoms with van der Waals surface area (Å²) in [7, 11) is -0.816. The molecule has 1 aromatic carbocycles. The third kappa shape index (κ3) is 5.09. The lowest BCUT2D eigenvalue weighted by molar-refractivity contribution is -0.139. The van der Waals surface area contributed by atoms with Gasteiger partial charge in [0.25, 0.3) is 0 Å². The molecule has 3 heterocycles. The van der Waals surface area contributed by atoms with Crippen LogP contribution in [0.4, 0.5) is 4.39 Å². The van der Waals surface area contributed by atoms with E-state index in [0.29, 0.717) is 58.8 Å². The highest BCUT2D eigenvalue weighted by Crippen LogP contribution is 2.37. The zero-order valence-corrected chi connectivity index (χ0v) is 19.7. The summed E-state index contributed by atoms with van der Waals surface area (Å²) in [5, 5.41) is 5.95. The van der Waals surface area contributed by atoms with Gasteiger partial charge in [0, 0.05) is 69.8 Å². The van der Waals surface area contributed by atoms with Crippen molar-refractivity contribution in [1.29, 1.82) is 0 Å². The molecular formula is C21H22ClFN4O3S2. The van der Waals surface area contributed by atoms with Crippen LogP contribution in [0.2, 0.25) is 5.02 Å². The fraction of sp³-hybridized carbons (Fsp3) is 0.381. The van der Waals surface area contributed by atoms with Crippen molar-refractivity contribution in [3.05, 3.63) is 62.5 Å². The standard InChI is InChI=1S/C21H22ClFN4O3S2/c1-2-30-21(28)17-16(12-27-6-9-32(29)10-7-27)25-19(20-24-5-8-31-20)26-18(17)14-4-3-13(23)11-15(14)22/h3-5,8,11,18H,2,6-7,9-10,12H2,1H3,(H,25,26). The molecule has 2 aromatic rings. The maximum atomic E-state index is 13.7. The van der Waals surface area contributed by atoms with Crippen molar-refractivity contribution in [3.8, 4) is 0 Å². The first-order valence-corrected chi connectivity index (χ1v) is 12.9.